The molecule has 1 aliphatic carbocycles. The third-order valence-electron chi connectivity index (χ3n) is 5.75. The van der Waals surface area contributed by atoms with Crippen LogP contribution in [0.25, 0.3) is 0 Å². The van der Waals surface area contributed by atoms with Gasteiger partial charge in [0.25, 0.3) is 5.91 Å². The second-order valence-corrected chi connectivity index (χ2v) is 10.1. The van der Waals surface area contributed by atoms with Crippen molar-refractivity contribution in [1.82, 2.24) is 9.62 Å². The smallest absolute Gasteiger partial charge is 0.275 e. The Balaban J connectivity index is 1.49. The SMILES string of the molecule is C[C@H]1CCCC[C@H]1NC(=O)C[NH+]1CCN(S(=O)(=O)c2ccc(Cl)cc2)CC1. The molecule has 1 aromatic rings. The van der Waals surface area contributed by atoms with Gasteiger partial charge in [-0.05, 0) is 43.0 Å². The van der Waals surface area contributed by atoms with E-state index in [-0.39, 0.29) is 16.8 Å². The van der Waals surface area contributed by atoms with Crippen LogP contribution in [0, 0.1) is 5.92 Å². The first-order valence-corrected chi connectivity index (χ1v) is 11.6. The van der Waals surface area contributed by atoms with Crippen LogP contribution in [-0.4, -0.2) is 57.4 Å². The number of quaternary nitrogens is 1. The van der Waals surface area contributed by atoms with E-state index in [1.165, 1.54) is 35.7 Å². The van der Waals surface area contributed by atoms with Crippen molar-refractivity contribution in [3.05, 3.63) is 29.3 Å². The van der Waals surface area contributed by atoms with Gasteiger partial charge in [-0.2, -0.15) is 4.31 Å². The number of carbonyl (C=O) groups is 1. The number of carbonyl (C=O) groups excluding carboxylic acids is 1. The van der Waals surface area contributed by atoms with Gasteiger partial charge in [0.05, 0.1) is 31.1 Å². The lowest BCUT2D eigenvalue weighted by atomic mass is 9.86. The van der Waals surface area contributed by atoms with Gasteiger partial charge in [-0.25, -0.2) is 8.42 Å². The van der Waals surface area contributed by atoms with Gasteiger partial charge < -0.3 is 10.2 Å². The molecule has 1 amide bonds. The van der Waals surface area contributed by atoms with Gasteiger partial charge in [-0.1, -0.05) is 31.4 Å². The highest BCUT2D eigenvalue weighted by Gasteiger charge is 2.31. The normalized spacial score (nSPS) is 25.3. The molecule has 1 saturated heterocycles. The van der Waals surface area contributed by atoms with E-state index >= 15 is 0 Å². The Kier molecular flexibility index (Phi) is 6.78. The number of hydrogen-bond acceptors (Lipinski definition) is 3. The Bertz CT molecular complexity index is 746. The number of piperazine rings is 1. The fraction of sp³-hybridized carbons (Fsp3) is 0.632. The number of rotatable bonds is 5. The molecule has 1 heterocycles. The van der Waals surface area contributed by atoms with Crippen molar-refractivity contribution >= 4 is 27.5 Å². The Morgan fingerprint density at radius 2 is 1.81 bits per heavy atom. The third kappa shape index (κ3) is 5.22. The minimum Gasteiger partial charge on any atom is -0.348 e. The summed E-state index contributed by atoms with van der Waals surface area (Å²) in [5.74, 6) is 0.622. The quantitative estimate of drug-likeness (QED) is 0.752. The summed E-state index contributed by atoms with van der Waals surface area (Å²) in [4.78, 5) is 13.8. The molecule has 0 aromatic heterocycles. The monoisotopic (exact) mass is 414 g/mol. The molecule has 1 aromatic carbocycles. The second kappa shape index (κ2) is 8.90. The fourth-order valence-electron chi connectivity index (χ4n) is 3.99. The van der Waals surface area contributed by atoms with Crippen molar-refractivity contribution in [2.45, 2.75) is 43.5 Å². The predicted molar refractivity (Wildman–Crippen MR) is 105 cm³/mol. The Hall–Kier alpha value is -1.15. The summed E-state index contributed by atoms with van der Waals surface area (Å²) in [6.07, 6.45) is 4.68. The van der Waals surface area contributed by atoms with Crippen LogP contribution in [0.2, 0.25) is 5.02 Å². The molecule has 0 radical (unpaired) electrons. The lowest BCUT2D eigenvalue weighted by Gasteiger charge is -2.33. The lowest BCUT2D eigenvalue weighted by Crippen LogP contribution is -3.15. The maximum Gasteiger partial charge on any atom is 0.275 e. The van der Waals surface area contributed by atoms with E-state index in [0.29, 0.717) is 43.7 Å². The zero-order valence-corrected chi connectivity index (χ0v) is 17.4. The standard InChI is InChI=1S/C19H28ClN3O3S/c1-15-4-2-3-5-18(15)21-19(24)14-22-10-12-23(13-11-22)27(25,26)17-8-6-16(20)7-9-17/h6-9,15,18H,2-5,10-14H2,1H3,(H,21,24)/p+1/t15-,18+/m0/s1. The molecule has 2 fully saturated rings. The van der Waals surface area contributed by atoms with E-state index in [9.17, 15) is 13.2 Å². The van der Waals surface area contributed by atoms with Crippen molar-refractivity contribution in [3.8, 4) is 0 Å². The van der Waals surface area contributed by atoms with Crippen LogP contribution in [0.5, 0.6) is 0 Å². The molecule has 0 bridgehead atoms. The summed E-state index contributed by atoms with van der Waals surface area (Å²) in [7, 11) is -3.50. The average molecular weight is 415 g/mol. The van der Waals surface area contributed by atoms with Crippen LogP contribution in [0.3, 0.4) is 0 Å². The van der Waals surface area contributed by atoms with Gasteiger partial charge in [-0.15, -0.1) is 0 Å². The highest BCUT2D eigenvalue weighted by molar-refractivity contribution is 7.89. The van der Waals surface area contributed by atoms with Gasteiger partial charge in [0.15, 0.2) is 6.54 Å². The van der Waals surface area contributed by atoms with Gasteiger partial charge in [0, 0.05) is 11.1 Å². The molecule has 8 heteroatoms. The maximum absolute atomic E-state index is 12.7. The molecule has 27 heavy (non-hydrogen) atoms. The third-order valence-corrected chi connectivity index (χ3v) is 7.91. The molecule has 150 valence electrons. The van der Waals surface area contributed by atoms with Crippen molar-refractivity contribution in [1.29, 1.82) is 0 Å². The van der Waals surface area contributed by atoms with E-state index in [2.05, 4.69) is 12.2 Å². The minimum atomic E-state index is -3.50. The zero-order valence-electron chi connectivity index (χ0n) is 15.8. The van der Waals surface area contributed by atoms with Crippen LogP contribution in [0.4, 0.5) is 0 Å². The second-order valence-electron chi connectivity index (χ2n) is 7.72. The number of hydrogen-bond donors (Lipinski definition) is 2. The highest BCUT2D eigenvalue weighted by Crippen LogP contribution is 2.23. The first-order valence-electron chi connectivity index (χ1n) is 9.75. The summed E-state index contributed by atoms with van der Waals surface area (Å²) >= 11 is 5.84. The van der Waals surface area contributed by atoms with Gasteiger partial charge in [0.2, 0.25) is 10.0 Å². The molecular weight excluding hydrogens is 386 g/mol. The molecule has 2 N–H and O–H groups in total. The number of nitrogens with zero attached hydrogens (tertiary/aromatic N) is 1. The predicted octanol–water partition coefficient (Wildman–Crippen LogP) is 0.924. The van der Waals surface area contributed by atoms with E-state index in [0.717, 1.165) is 11.3 Å². The van der Waals surface area contributed by atoms with Crippen molar-refractivity contribution in [2.75, 3.05) is 32.7 Å². The Morgan fingerprint density at radius 3 is 2.44 bits per heavy atom. The molecule has 1 saturated carbocycles. The Labute approximate surface area is 166 Å². The minimum absolute atomic E-state index is 0.0813. The van der Waals surface area contributed by atoms with Crippen LogP contribution >= 0.6 is 11.6 Å². The first kappa shape index (κ1) is 20.6. The molecule has 1 aliphatic heterocycles. The number of halogens is 1. The highest BCUT2D eigenvalue weighted by atomic mass is 35.5. The number of benzene rings is 1. The first-order chi connectivity index (χ1) is 12.9. The molecule has 3 rings (SSSR count). The summed E-state index contributed by atoms with van der Waals surface area (Å²) in [6, 6.07) is 6.54. The molecule has 2 atom stereocenters. The van der Waals surface area contributed by atoms with E-state index in [1.807, 2.05) is 0 Å². The number of amides is 1. The number of sulfonamides is 1. The van der Waals surface area contributed by atoms with Crippen LogP contribution in [-0.2, 0) is 14.8 Å². The summed E-state index contributed by atoms with van der Waals surface area (Å²) in [5, 5.41) is 3.70. The van der Waals surface area contributed by atoms with Crippen LogP contribution in [0.15, 0.2) is 29.2 Å². The summed E-state index contributed by atoms with van der Waals surface area (Å²) in [5.41, 5.74) is 0. The topological polar surface area (TPSA) is 70.9 Å². The summed E-state index contributed by atoms with van der Waals surface area (Å²) < 4.78 is 26.9. The Morgan fingerprint density at radius 1 is 1.19 bits per heavy atom. The van der Waals surface area contributed by atoms with Crippen LogP contribution < -0.4 is 10.2 Å². The average Bonchev–Trinajstić information content (AvgIpc) is 2.64. The van der Waals surface area contributed by atoms with Crippen molar-refractivity contribution < 1.29 is 18.1 Å². The molecular formula is C19H29ClN3O3S+. The molecule has 0 unspecified atom stereocenters. The van der Waals surface area contributed by atoms with Crippen molar-refractivity contribution in [3.63, 3.8) is 0 Å². The van der Waals surface area contributed by atoms with E-state index < -0.39 is 10.0 Å². The zero-order chi connectivity index (χ0) is 19.4. The molecule has 6 nitrogen and oxygen atoms in total. The fourth-order valence-corrected chi connectivity index (χ4v) is 5.56. The van der Waals surface area contributed by atoms with Gasteiger partial charge >= 0.3 is 0 Å². The van der Waals surface area contributed by atoms with Gasteiger partial charge in [0.1, 0.15) is 0 Å². The summed E-state index contributed by atoms with van der Waals surface area (Å²) in [6.45, 7) is 4.75. The molecule has 0 spiro atoms. The van der Waals surface area contributed by atoms with E-state index in [1.54, 1.807) is 12.1 Å². The maximum atomic E-state index is 12.7. The number of nitrogens with one attached hydrogen (secondary N) is 2. The largest absolute Gasteiger partial charge is 0.348 e. The molecule has 2 aliphatic rings. The van der Waals surface area contributed by atoms with Crippen LogP contribution in [0.1, 0.15) is 32.6 Å². The lowest BCUT2D eigenvalue weighted by molar-refractivity contribution is -0.895. The van der Waals surface area contributed by atoms with E-state index in [4.69, 9.17) is 11.6 Å². The van der Waals surface area contributed by atoms with Crippen molar-refractivity contribution in [2.24, 2.45) is 5.92 Å². The van der Waals surface area contributed by atoms with Gasteiger partial charge in [-0.3, -0.25) is 4.79 Å².